The highest BCUT2D eigenvalue weighted by atomic mass is 14.3. The summed E-state index contributed by atoms with van der Waals surface area (Å²) in [5.41, 5.74) is 12.3. The number of benzene rings is 2. The molecule has 0 nitrogen and oxygen atoms in total. The Morgan fingerprint density at radius 1 is 0.387 bits per heavy atom. The van der Waals surface area contributed by atoms with Crippen LogP contribution in [0.15, 0.2) is 24.3 Å². The van der Waals surface area contributed by atoms with Gasteiger partial charge in [-0.2, -0.15) is 0 Å². The second-order valence-corrected chi connectivity index (χ2v) is 11.5. The van der Waals surface area contributed by atoms with Crippen molar-refractivity contribution < 1.29 is 0 Å². The van der Waals surface area contributed by atoms with Gasteiger partial charge in [0.15, 0.2) is 0 Å². The third kappa shape index (κ3) is 5.82. The van der Waals surface area contributed by atoms with Gasteiger partial charge in [-0.3, -0.25) is 0 Å². The molecule has 0 saturated heterocycles. The van der Waals surface area contributed by atoms with E-state index in [1.165, 1.54) is 11.1 Å². The van der Waals surface area contributed by atoms with Crippen molar-refractivity contribution >= 4 is 0 Å². The molecule has 172 valence electrons. The Kier molecular flexibility index (Phi) is 8.60. The normalized spacial score (nSPS) is 12.5. The maximum atomic E-state index is 2.51. The first kappa shape index (κ1) is 25.7. The zero-order valence-electron chi connectivity index (χ0n) is 22.5. The van der Waals surface area contributed by atoms with Crippen LogP contribution < -0.4 is 0 Å². The van der Waals surface area contributed by atoms with Gasteiger partial charge in [-0.05, 0) is 86.4 Å². The zero-order valence-corrected chi connectivity index (χ0v) is 22.5. The molecule has 0 aliphatic rings. The van der Waals surface area contributed by atoms with Gasteiger partial charge >= 0.3 is 0 Å². The van der Waals surface area contributed by atoms with Crippen molar-refractivity contribution in [1.82, 2.24) is 0 Å². The molecule has 0 amide bonds. The van der Waals surface area contributed by atoms with Crippen molar-refractivity contribution in [2.45, 2.75) is 125 Å². The molecule has 0 spiro atoms. The summed E-state index contributed by atoms with van der Waals surface area (Å²) in [5, 5.41) is 0. The van der Waals surface area contributed by atoms with Gasteiger partial charge in [-0.15, -0.1) is 0 Å². The van der Waals surface area contributed by atoms with Crippen LogP contribution in [0.5, 0.6) is 0 Å². The van der Waals surface area contributed by atoms with Gasteiger partial charge < -0.3 is 0 Å². The van der Waals surface area contributed by atoms with Crippen molar-refractivity contribution in [3.63, 3.8) is 0 Å². The molecule has 0 saturated carbocycles. The summed E-state index contributed by atoms with van der Waals surface area (Å²) in [5.74, 6) is 3.33. The Hall–Kier alpha value is -1.56. The van der Waals surface area contributed by atoms with E-state index in [1.807, 2.05) is 0 Å². The van der Waals surface area contributed by atoms with Gasteiger partial charge in [0.05, 0.1) is 0 Å². The summed E-state index contributed by atoms with van der Waals surface area (Å²) >= 11 is 0. The van der Waals surface area contributed by atoms with Crippen molar-refractivity contribution in [2.24, 2.45) is 0 Å². The standard InChI is InChI=1S/C31H48/c1-18(2)26-14-24(15-27(19(3)4)30(26)22(9)10)13-25-16-28(20(5)6)31(23(11)12)29(17-25)21(7)8/h14-23H,13H2,1-12H3. The van der Waals surface area contributed by atoms with E-state index in [9.17, 15) is 0 Å². The first-order valence-corrected chi connectivity index (χ1v) is 12.7. The maximum Gasteiger partial charge on any atom is -0.00254 e. The lowest BCUT2D eigenvalue weighted by Crippen LogP contribution is -2.09. The molecule has 0 N–H and O–H groups in total. The monoisotopic (exact) mass is 420 g/mol. The average molecular weight is 421 g/mol. The smallest absolute Gasteiger partial charge is 0.00254 e. The van der Waals surface area contributed by atoms with Crippen LogP contribution in [0.1, 0.15) is 163 Å². The fraction of sp³-hybridized carbons (Fsp3) is 0.613. The Morgan fingerprint density at radius 3 is 0.774 bits per heavy atom. The van der Waals surface area contributed by atoms with Crippen LogP contribution in [0.25, 0.3) is 0 Å². The first-order chi connectivity index (χ1) is 14.3. The minimum absolute atomic E-state index is 0.551. The second kappa shape index (κ2) is 10.4. The highest BCUT2D eigenvalue weighted by molar-refractivity contribution is 5.48. The lowest BCUT2D eigenvalue weighted by Gasteiger charge is -2.26. The molecule has 0 aliphatic heterocycles. The fourth-order valence-corrected chi connectivity index (χ4v) is 5.21. The van der Waals surface area contributed by atoms with Crippen LogP contribution in [-0.2, 0) is 6.42 Å². The minimum atomic E-state index is 0.551. The quantitative estimate of drug-likeness (QED) is 0.398. The Morgan fingerprint density at radius 2 is 0.613 bits per heavy atom. The molecular formula is C31H48. The predicted molar refractivity (Wildman–Crippen MR) is 140 cm³/mol. The Labute approximate surface area is 193 Å². The van der Waals surface area contributed by atoms with Gasteiger partial charge in [0.1, 0.15) is 0 Å². The molecular weight excluding hydrogens is 372 g/mol. The van der Waals surface area contributed by atoms with Gasteiger partial charge in [-0.25, -0.2) is 0 Å². The van der Waals surface area contributed by atoms with E-state index < -0.39 is 0 Å². The summed E-state index contributed by atoms with van der Waals surface area (Å²) in [6, 6.07) is 10.0. The third-order valence-corrected chi connectivity index (χ3v) is 6.66. The summed E-state index contributed by atoms with van der Waals surface area (Å²) in [7, 11) is 0. The predicted octanol–water partition coefficient (Wildman–Crippen LogP) is 10.0. The molecule has 2 rings (SSSR count). The molecule has 0 heterocycles. The van der Waals surface area contributed by atoms with Crippen molar-refractivity contribution in [3.8, 4) is 0 Å². The van der Waals surface area contributed by atoms with Gasteiger partial charge in [0.25, 0.3) is 0 Å². The van der Waals surface area contributed by atoms with E-state index in [2.05, 4.69) is 107 Å². The molecule has 0 radical (unpaired) electrons. The van der Waals surface area contributed by atoms with E-state index in [1.54, 1.807) is 33.4 Å². The fourth-order valence-electron chi connectivity index (χ4n) is 5.21. The molecule has 0 fully saturated rings. The van der Waals surface area contributed by atoms with E-state index in [0.717, 1.165) is 6.42 Å². The van der Waals surface area contributed by atoms with E-state index >= 15 is 0 Å². The third-order valence-electron chi connectivity index (χ3n) is 6.66. The number of hydrogen-bond donors (Lipinski definition) is 0. The summed E-state index contributed by atoms with van der Waals surface area (Å²) in [6.07, 6.45) is 1.02. The summed E-state index contributed by atoms with van der Waals surface area (Å²) < 4.78 is 0. The molecule has 0 unspecified atom stereocenters. The Balaban J connectivity index is 2.68. The average Bonchev–Trinajstić information content (AvgIpc) is 2.65. The van der Waals surface area contributed by atoms with E-state index in [4.69, 9.17) is 0 Å². The van der Waals surface area contributed by atoms with Crippen molar-refractivity contribution in [3.05, 3.63) is 68.8 Å². The summed E-state index contributed by atoms with van der Waals surface area (Å²) in [4.78, 5) is 0. The van der Waals surface area contributed by atoms with Crippen LogP contribution in [0.2, 0.25) is 0 Å². The minimum Gasteiger partial charge on any atom is -0.0587 e. The molecule has 0 bridgehead atoms. The van der Waals surface area contributed by atoms with Crippen LogP contribution in [0.4, 0.5) is 0 Å². The lowest BCUT2D eigenvalue weighted by atomic mass is 9.79. The van der Waals surface area contributed by atoms with E-state index in [-0.39, 0.29) is 0 Å². The van der Waals surface area contributed by atoms with Gasteiger partial charge in [0, 0.05) is 0 Å². The molecule has 0 atom stereocenters. The van der Waals surface area contributed by atoms with Gasteiger partial charge in [0.2, 0.25) is 0 Å². The molecule has 2 aromatic carbocycles. The molecule has 2 aromatic rings. The molecule has 0 aromatic heterocycles. The SMILES string of the molecule is CC(C)c1cc(Cc2cc(C(C)C)c(C(C)C)c(C(C)C)c2)cc(C(C)C)c1C(C)C. The van der Waals surface area contributed by atoms with Gasteiger partial charge in [-0.1, -0.05) is 107 Å². The van der Waals surface area contributed by atoms with Crippen LogP contribution in [0.3, 0.4) is 0 Å². The summed E-state index contributed by atoms with van der Waals surface area (Å²) in [6.45, 7) is 28.2. The number of hydrogen-bond acceptors (Lipinski definition) is 0. The molecule has 0 aliphatic carbocycles. The zero-order chi connectivity index (χ0) is 23.6. The van der Waals surface area contributed by atoms with Crippen LogP contribution >= 0.6 is 0 Å². The largest absolute Gasteiger partial charge is 0.0587 e. The van der Waals surface area contributed by atoms with Crippen molar-refractivity contribution in [1.29, 1.82) is 0 Å². The molecule has 31 heavy (non-hydrogen) atoms. The first-order valence-electron chi connectivity index (χ1n) is 12.7. The Bertz CT molecular complexity index is 743. The topological polar surface area (TPSA) is 0 Å². The number of rotatable bonds is 8. The van der Waals surface area contributed by atoms with Crippen molar-refractivity contribution in [2.75, 3.05) is 0 Å². The van der Waals surface area contributed by atoms with E-state index in [0.29, 0.717) is 35.5 Å². The highest BCUT2D eigenvalue weighted by Crippen LogP contribution is 2.37. The second-order valence-electron chi connectivity index (χ2n) is 11.5. The highest BCUT2D eigenvalue weighted by Gasteiger charge is 2.21. The van der Waals surface area contributed by atoms with Crippen LogP contribution in [-0.4, -0.2) is 0 Å². The maximum absolute atomic E-state index is 2.51. The lowest BCUT2D eigenvalue weighted by molar-refractivity contribution is 0.741. The molecule has 0 heteroatoms. The van der Waals surface area contributed by atoms with Crippen LogP contribution in [0, 0.1) is 0 Å².